The average molecular weight is 1100 g/mol. The van der Waals surface area contributed by atoms with Gasteiger partial charge in [-0.2, -0.15) is 0 Å². The van der Waals surface area contributed by atoms with Crippen molar-refractivity contribution in [3.63, 3.8) is 0 Å². The Labute approximate surface area is 488 Å². The average Bonchev–Trinajstić information content (AvgIpc) is 3.45. The fraction of sp³-hybridized carbons (Fsp3) is 0.685. The van der Waals surface area contributed by atoms with Crippen LogP contribution in [0.2, 0.25) is 0 Å². The van der Waals surface area contributed by atoms with Crippen LogP contribution >= 0.6 is 0 Å². The summed E-state index contributed by atoms with van der Waals surface area (Å²) in [6.07, 6.45) is 92.4. The van der Waals surface area contributed by atoms with Crippen molar-refractivity contribution in [1.29, 1.82) is 0 Å². The number of ether oxygens (including phenoxy) is 3. The first-order valence-electron chi connectivity index (χ1n) is 33.0. The van der Waals surface area contributed by atoms with Gasteiger partial charge in [0.1, 0.15) is 13.2 Å². The topological polar surface area (TPSA) is 78.9 Å². The lowest BCUT2D eigenvalue weighted by Gasteiger charge is -2.18. The Morgan fingerprint density at radius 3 is 0.899 bits per heavy atom. The zero-order valence-electron chi connectivity index (χ0n) is 51.6. The van der Waals surface area contributed by atoms with Gasteiger partial charge in [0.2, 0.25) is 0 Å². The van der Waals surface area contributed by atoms with Crippen molar-refractivity contribution in [2.75, 3.05) is 13.2 Å². The number of hydrogen-bond donors (Lipinski definition) is 0. The normalized spacial score (nSPS) is 12.9. The van der Waals surface area contributed by atoms with Gasteiger partial charge < -0.3 is 14.2 Å². The van der Waals surface area contributed by atoms with Crippen LogP contribution in [0.5, 0.6) is 0 Å². The molecule has 0 saturated carbocycles. The second-order valence-electron chi connectivity index (χ2n) is 21.6. The molecule has 0 bridgehead atoms. The van der Waals surface area contributed by atoms with Crippen molar-refractivity contribution in [3.05, 3.63) is 122 Å². The van der Waals surface area contributed by atoms with Gasteiger partial charge in [-0.25, -0.2) is 0 Å². The number of allylic oxidation sites excluding steroid dienone is 19. The van der Waals surface area contributed by atoms with Crippen LogP contribution in [0.4, 0.5) is 0 Å². The summed E-state index contributed by atoms with van der Waals surface area (Å²) in [5.74, 6) is -1.04. The molecule has 0 heterocycles. The zero-order chi connectivity index (χ0) is 57.1. The molecule has 0 rings (SSSR count). The number of esters is 3. The summed E-state index contributed by atoms with van der Waals surface area (Å²) in [7, 11) is 0. The smallest absolute Gasteiger partial charge is 0.309 e. The molecule has 0 aliphatic carbocycles. The van der Waals surface area contributed by atoms with Crippen LogP contribution in [0.15, 0.2) is 122 Å². The fourth-order valence-corrected chi connectivity index (χ4v) is 9.09. The van der Waals surface area contributed by atoms with Crippen LogP contribution in [0.3, 0.4) is 0 Å². The van der Waals surface area contributed by atoms with Crippen molar-refractivity contribution in [1.82, 2.24) is 0 Å². The first-order valence-corrected chi connectivity index (χ1v) is 33.0. The monoisotopic (exact) mass is 1090 g/mol. The molecule has 0 radical (unpaired) electrons. The van der Waals surface area contributed by atoms with E-state index in [0.717, 1.165) is 96.3 Å². The van der Waals surface area contributed by atoms with Crippen LogP contribution in [0, 0.1) is 0 Å². The molecule has 1 unspecified atom stereocenters. The number of hydrogen-bond acceptors (Lipinski definition) is 6. The molecule has 0 saturated heterocycles. The lowest BCUT2D eigenvalue weighted by molar-refractivity contribution is -0.166. The van der Waals surface area contributed by atoms with Gasteiger partial charge in [0.25, 0.3) is 0 Å². The molecule has 0 amide bonds. The molecule has 0 N–H and O–H groups in total. The minimum atomic E-state index is -0.824. The molecule has 0 aliphatic heterocycles. The third-order valence-corrected chi connectivity index (χ3v) is 14.0. The number of rotatable bonds is 59. The summed E-state index contributed by atoms with van der Waals surface area (Å²) >= 11 is 0. The van der Waals surface area contributed by atoms with E-state index in [1.54, 1.807) is 6.08 Å². The highest BCUT2D eigenvalue weighted by atomic mass is 16.6. The summed E-state index contributed by atoms with van der Waals surface area (Å²) in [4.78, 5) is 38.3. The summed E-state index contributed by atoms with van der Waals surface area (Å²) in [5.41, 5.74) is 0. The Hall–Kier alpha value is -4.19. The lowest BCUT2D eigenvalue weighted by Crippen LogP contribution is -2.30. The molecule has 0 aromatic carbocycles. The largest absolute Gasteiger partial charge is 0.462 e. The van der Waals surface area contributed by atoms with Gasteiger partial charge in [-0.15, -0.1) is 0 Å². The molecular weight excluding hydrogens is 973 g/mol. The van der Waals surface area contributed by atoms with E-state index < -0.39 is 12.1 Å². The van der Waals surface area contributed by atoms with Gasteiger partial charge in [-0.3, -0.25) is 14.4 Å². The van der Waals surface area contributed by atoms with Crippen molar-refractivity contribution < 1.29 is 28.6 Å². The lowest BCUT2D eigenvalue weighted by atomic mass is 10.0. The molecule has 450 valence electrons. The highest BCUT2D eigenvalue weighted by Gasteiger charge is 2.19. The predicted octanol–water partition coefficient (Wildman–Crippen LogP) is 22.8. The van der Waals surface area contributed by atoms with Gasteiger partial charge in [0, 0.05) is 12.8 Å². The third-order valence-electron chi connectivity index (χ3n) is 14.0. The van der Waals surface area contributed by atoms with Crippen LogP contribution in [-0.4, -0.2) is 37.2 Å². The van der Waals surface area contributed by atoms with E-state index in [1.165, 1.54) is 167 Å². The van der Waals surface area contributed by atoms with E-state index in [9.17, 15) is 14.4 Å². The number of carbonyl (C=O) groups is 3. The Morgan fingerprint density at radius 1 is 0.278 bits per heavy atom. The second-order valence-corrected chi connectivity index (χ2v) is 21.6. The minimum absolute atomic E-state index is 0.111. The molecule has 0 fully saturated rings. The van der Waals surface area contributed by atoms with E-state index in [0.29, 0.717) is 12.8 Å². The fourth-order valence-electron chi connectivity index (χ4n) is 9.09. The molecule has 0 aromatic heterocycles. The van der Waals surface area contributed by atoms with Crippen LogP contribution in [-0.2, 0) is 28.6 Å². The molecule has 1 atom stereocenters. The van der Waals surface area contributed by atoms with Crippen molar-refractivity contribution in [2.24, 2.45) is 0 Å². The maximum Gasteiger partial charge on any atom is 0.309 e. The first kappa shape index (κ1) is 74.8. The Kier molecular flexibility index (Phi) is 62.8. The van der Waals surface area contributed by atoms with Crippen molar-refractivity contribution >= 4 is 17.9 Å². The second kappa shape index (κ2) is 66.3. The molecule has 6 nitrogen and oxygen atoms in total. The van der Waals surface area contributed by atoms with E-state index in [2.05, 4.69) is 130 Å². The summed E-state index contributed by atoms with van der Waals surface area (Å²) < 4.78 is 16.8. The van der Waals surface area contributed by atoms with E-state index in [-0.39, 0.29) is 31.6 Å². The van der Waals surface area contributed by atoms with Gasteiger partial charge in [0.05, 0.1) is 6.42 Å². The summed E-state index contributed by atoms with van der Waals surface area (Å²) in [6, 6.07) is 0. The Balaban J connectivity index is 4.40. The standard InChI is InChI=1S/C73H122O6/c1-4-7-10-13-16-19-22-25-28-30-32-34-35-36-37-39-40-42-45-48-51-54-57-60-63-66-72(75)78-69-70(68-77-71(74)65-62-59-56-53-50-47-44-27-24-21-18-15-12-9-6-3)79-73(76)67-64-61-58-55-52-49-46-43-41-38-33-31-29-26-23-20-17-14-11-8-5-2/h7,9-10,12,16,18-19,21,25,27-28,31-34,44,50,53,59,62,70H,4-6,8,11,13-15,17,20,22-24,26,29-30,35-43,45-49,51-52,54-58,60-61,63-69H2,1-3H3/b10-7-,12-9-,19-16-,21-18-,28-25-,33-31-,34-32-,44-27-,53-50-,62-59-. The molecule has 0 aliphatic rings. The van der Waals surface area contributed by atoms with Gasteiger partial charge in [-0.1, -0.05) is 296 Å². The highest BCUT2D eigenvalue weighted by Crippen LogP contribution is 2.16. The number of unbranched alkanes of at least 4 members (excludes halogenated alkanes) is 29. The van der Waals surface area contributed by atoms with Gasteiger partial charge in [-0.05, 0) is 109 Å². The maximum atomic E-state index is 12.9. The number of carbonyl (C=O) groups excluding carboxylic acids is 3. The highest BCUT2D eigenvalue weighted by molar-refractivity contribution is 5.72. The van der Waals surface area contributed by atoms with Crippen LogP contribution in [0.25, 0.3) is 0 Å². The van der Waals surface area contributed by atoms with Crippen molar-refractivity contribution in [2.45, 2.75) is 309 Å². The molecule has 79 heavy (non-hydrogen) atoms. The molecule has 6 heteroatoms. The Morgan fingerprint density at radius 2 is 0.544 bits per heavy atom. The third kappa shape index (κ3) is 64.5. The van der Waals surface area contributed by atoms with Gasteiger partial charge in [0.15, 0.2) is 6.10 Å². The summed E-state index contributed by atoms with van der Waals surface area (Å²) in [6.45, 7) is 6.35. The summed E-state index contributed by atoms with van der Waals surface area (Å²) in [5, 5.41) is 0. The minimum Gasteiger partial charge on any atom is -0.462 e. The van der Waals surface area contributed by atoms with E-state index in [1.807, 2.05) is 6.08 Å². The van der Waals surface area contributed by atoms with Crippen LogP contribution in [0.1, 0.15) is 303 Å². The maximum absolute atomic E-state index is 12.9. The quantitative estimate of drug-likeness (QED) is 0.0261. The SMILES string of the molecule is CC/C=C\C/C=C\C/C=C\C/C=C\C/C=C\CC(=O)OCC(COC(=O)CCCCCCCCCCCCCC/C=C\C/C=C\C/C=C\C/C=C\CC)OC(=O)CCCCCCCCCCC/C=C\CCCCCCCCCC. The zero-order valence-corrected chi connectivity index (χ0v) is 51.6. The molecule has 0 spiro atoms. The Bertz CT molecular complexity index is 1640. The first-order chi connectivity index (χ1) is 39.0. The molecule has 0 aromatic rings. The van der Waals surface area contributed by atoms with Crippen molar-refractivity contribution in [3.8, 4) is 0 Å². The van der Waals surface area contributed by atoms with Crippen LogP contribution < -0.4 is 0 Å². The van der Waals surface area contributed by atoms with E-state index in [4.69, 9.17) is 14.2 Å². The van der Waals surface area contributed by atoms with E-state index >= 15 is 0 Å². The molecular formula is C73H122O6. The van der Waals surface area contributed by atoms with Gasteiger partial charge >= 0.3 is 17.9 Å². The predicted molar refractivity (Wildman–Crippen MR) is 343 cm³/mol.